The molecule has 5 heteroatoms. The normalized spacial score (nSPS) is 12.3. The van der Waals surface area contributed by atoms with Crippen molar-refractivity contribution in [3.63, 3.8) is 0 Å². The Morgan fingerprint density at radius 2 is 1.74 bits per heavy atom. The lowest BCUT2D eigenvalue weighted by Crippen LogP contribution is -1.93. The van der Waals surface area contributed by atoms with Crippen molar-refractivity contribution in [3.8, 4) is 11.5 Å². The molecule has 2 rings (SSSR count). The van der Waals surface area contributed by atoms with E-state index in [2.05, 4.69) is 0 Å². The molecule has 0 heterocycles. The molecule has 1 atom stereocenters. The zero-order chi connectivity index (χ0) is 14.0. The van der Waals surface area contributed by atoms with E-state index in [1.165, 1.54) is 0 Å². The van der Waals surface area contributed by atoms with E-state index in [1.54, 1.807) is 43.3 Å². The summed E-state index contributed by atoms with van der Waals surface area (Å²) in [5.41, 5.74) is 0.645. The van der Waals surface area contributed by atoms with Crippen molar-refractivity contribution in [3.05, 3.63) is 57.0 Å². The molecule has 0 amide bonds. The molecule has 2 aromatic rings. The predicted molar refractivity (Wildman–Crippen MR) is 78.6 cm³/mol. The quantitative estimate of drug-likeness (QED) is 0.810. The van der Waals surface area contributed by atoms with Crippen molar-refractivity contribution >= 4 is 34.8 Å². The van der Waals surface area contributed by atoms with Crippen LogP contribution in [0, 0.1) is 0 Å². The fourth-order valence-corrected chi connectivity index (χ4v) is 2.24. The molecule has 0 aliphatic carbocycles. The first kappa shape index (κ1) is 14.5. The summed E-state index contributed by atoms with van der Waals surface area (Å²) in [6.45, 7) is 1.65. The highest BCUT2D eigenvalue weighted by molar-refractivity contribution is 6.34. The number of benzene rings is 2. The van der Waals surface area contributed by atoms with Crippen LogP contribution in [-0.2, 0) is 0 Å². The Balaban J connectivity index is 2.29. The largest absolute Gasteiger partial charge is 0.456 e. The summed E-state index contributed by atoms with van der Waals surface area (Å²) in [6, 6.07) is 10.0. The number of ether oxygens (including phenoxy) is 1. The van der Waals surface area contributed by atoms with Gasteiger partial charge >= 0.3 is 0 Å². The molecule has 100 valence electrons. The Morgan fingerprint density at radius 3 is 2.37 bits per heavy atom. The molecule has 0 radical (unpaired) electrons. The first-order valence-electron chi connectivity index (χ1n) is 5.58. The van der Waals surface area contributed by atoms with E-state index < -0.39 is 6.10 Å². The van der Waals surface area contributed by atoms with Crippen molar-refractivity contribution in [2.24, 2.45) is 0 Å². The number of aliphatic hydroxyl groups is 1. The lowest BCUT2D eigenvalue weighted by atomic mass is 10.1. The van der Waals surface area contributed by atoms with Crippen molar-refractivity contribution < 1.29 is 9.84 Å². The Hall–Kier alpha value is -0.930. The van der Waals surface area contributed by atoms with E-state index >= 15 is 0 Å². The minimum Gasteiger partial charge on any atom is -0.456 e. The first-order valence-corrected chi connectivity index (χ1v) is 6.71. The zero-order valence-electron chi connectivity index (χ0n) is 10.0. The van der Waals surface area contributed by atoms with Crippen LogP contribution >= 0.6 is 34.8 Å². The molecule has 0 aliphatic rings. The summed E-state index contributed by atoms with van der Waals surface area (Å²) in [5, 5.41) is 10.9. The summed E-state index contributed by atoms with van der Waals surface area (Å²) in [6.07, 6.45) is -0.628. The lowest BCUT2D eigenvalue weighted by molar-refractivity contribution is 0.199. The van der Waals surface area contributed by atoms with Crippen molar-refractivity contribution in [1.29, 1.82) is 0 Å². The first-order chi connectivity index (χ1) is 8.97. The number of rotatable bonds is 3. The van der Waals surface area contributed by atoms with Crippen LogP contribution in [0.4, 0.5) is 0 Å². The van der Waals surface area contributed by atoms with E-state index in [0.29, 0.717) is 32.1 Å². The second-order valence-electron chi connectivity index (χ2n) is 4.04. The second kappa shape index (κ2) is 6.02. The molecule has 2 aromatic carbocycles. The van der Waals surface area contributed by atoms with Gasteiger partial charge in [-0.05, 0) is 36.8 Å². The highest BCUT2D eigenvalue weighted by atomic mass is 35.5. The minimum absolute atomic E-state index is 0.436. The van der Waals surface area contributed by atoms with Crippen LogP contribution in [0.3, 0.4) is 0 Å². The van der Waals surface area contributed by atoms with Crippen LogP contribution in [-0.4, -0.2) is 5.11 Å². The van der Waals surface area contributed by atoms with Crippen LogP contribution in [0.5, 0.6) is 11.5 Å². The second-order valence-corrected chi connectivity index (χ2v) is 5.29. The number of hydrogen-bond acceptors (Lipinski definition) is 2. The Bertz CT molecular complexity index is 597. The third-order valence-corrected chi connectivity index (χ3v) is 3.42. The number of aliphatic hydroxyl groups excluding tert-OH is 1. The maximum absolute atomic E-state index is 9.50. The minimum atomic E-state index is -0.628. The van der Waals surface area contributed by atoms with E-state index in [0.717, 1.165) is 0 Å². The van der Waals surface area contributed by atoms with E-state index in [1.807, 2.05) is 0 Å². The molecular weight excluding hydrogens is 307 g/mol. The highest BCUT2D eigenvalue weighted by Crippen LogP contribution is 2.34. The summed E-state index contributed by atoms with van der Waals surface area (Å²) in [7, 11) is 0. The van der Waals surface area contributed by atoms with Gasteiger partial charge in [0.15, 0.2) is 0 Å². The van der Waals surface area contributed by atoms with Gasteiger partial charge in [-0.1, -0.05) is 40.9 Å². The third kappa shape index (κ3) is 3.54. The molecule has 0 fully saturated rings. The third-order valence-electron chi connectivity index (χ3n) is 2.54. The topological polar surface area (TPSA) is 29.5 Å². The maximum Gasteiger partial charge on any atom is 0.147 e. The van der Waals surface area contributed by atoms with Gasteiger partial charge < -0.3 is 9.84 Å². The standard InChI is InChI=1S/C14H11Cl3O2/c1-8(18)11-4-3-10(7-13(11)17)19-14-6-9(15)2-5-12(14)16/h2-8,18H,1H3. The fourth-order valence-electron chi connectivity index (χ4n) is 1.59. The van der Waals surface area contributed by atoms with Gasteiger partial charge in [-0.25, -0.2) is 0 Å². The van der Waals surface area contributed by atoms with Crippen LogP contribution in [0.25, 0.3) is 0 Å². The number of hydrogen-bond donors (Lipinski definition) is 1. The van der Waals surface area contributed by atoms with Gasteiger partial charge in [0, 0.05) is 11.1 Å². The van der Waals surface area contributed by atoms with E-state index in [9.17, 15) is 5.11 Å². The van der Waals surface area contributed by atoms with Crippen LogP contribution in [0.1, 0.15) is 18.6 Å². The summed E-state index contributed by atoms with van der Waals surface area (Å²) in [5.74, 6) is 0.980. The van der Waals surface area contributed by atoms with Crippen molar-refractivity contribution in [2.45, 2.75) is 13.0 Å². The molecule has 1 N–H and O–H groups in total. The van der Waals surface area contributed by atoms with Gasteiger partial charge in [-0.3, -0.25) is 0 Å². The molecular formula is C14H11Cl3O2. The maximum atomic E-state index is 9.50. The molecule has 0 aliphatic heterocycles. The Labute approximate surface area is 126 Å². The van der Waals surface area contributed by atoms with Gasteiger partial charge in [0.1, 0.15) is 11.5 Å². The van der Waals surface area contributed by atoms with Crippen molar-refractivity contribution in [2.75, 3.05) is 0 Å². The molecule has 19 heavy (non-hydrogen) atoms. The fraction of sp³-hybridized carbons (Fsp3) is 0.143. The Morgan fingerprint density at radius 1 is 1.00 bits per heavy atom. The van der Waals surface area contributed by atoms with Crippen LogP contribution < -0.4 is 4.74 Å². The van der Waals surface area contributed by atoms with E-state index in [-0.39, 0.29) is 0 Å². The molecule has 0 saturated carbocycles. The lowest BCUT2D eigenvalue weighted by Gasteiger charge is -2.11. The highest BCUT2D eigenvalue weighted by Gasteiger charge is 2.09. The average molecular weight is 318 g/mol. The smallest absolute Gasteiger partial charge is 0.147 e. The molecule has 1 unspecified atom stereocenters. The molecule has 0 bridgehead atoms. The summed E-state index contributed by atoms with van der Waals surface area (Å²) >= 11 is 18.0. The Kier molecular flexibility index (Phi) is 4.58. The number of halogens is 3. The van der Waals surface area contributed by atoms with Gasteiger partial charge in [0.25, 0.3) is 0 Å². The molecule has 0 saturated heterocycles. The monoisotopic (exact) mass is 316 g/mol. The van der Waals surface area contributed by atoms with Crippen LogP contribution in [0.15, 0.2) is 36.4 Å². The molecule has 2 nitrogen and oxygen atoms in total. The SMILES string of the molecule is CC(O)c1ccc(Oc2cc(Cl)ccc2Cl)cc1Cl. The van der Waals surface area contributed by atoms with Gasteiger partial charge in [0.05, 0.1) is 16.1 Å². The molecule has 0 spiro atoms. The van der Waals surface area contributed by atoms with E-state index in [4.69, 9.17) is 39.5 Å². The van der Waals surface area contributed by atoms with Crippen LogP contribution in [0.2, 0.25) is 15.1 Å². The van der Waals surface area contributed by atoms with Gasteiger partial charge in [-0.2, -0.15) is 0 Å². The average Bonchev–Trinajstić information content (AvgIpc) is 2.33. The summed E-state index contributed by atoms with van der Waals surface area (Å²) in [4.78, 5) is 0. The van der Waals surface area contributed by atoms with Crippen molar-refractivity contribution in [1.82, 2.24) is 0 Å². The van der Waals surface area contributed by atoms with Gasteiger partial charge in [-0.15, -0.1) is 0 Å². The zero-order valence-corrected chi connectivity index (χ0v) is 12.3. The van der Waals surface area contributed by atoms with Gasteiger partial charge in [0.2, 0.25) is 0 Å². The molecule has 0 aromatic heterocycles. The predicted octanol–water partition coefficient (Wildman–Crippen LogP) is 5.49. The summed E-state index contributed by atoms with van der Waals surface area (Å²) < 4.78 is 5.62.